The van der Waals surface area contributed by atoms with E-state index in [0.29, 0.717) is 25.0 Å². The second-order valence-electron chi connectivity index (χ2n) is 6.99. The SMILES string of the molecule is CN(C)CCN(C)C(=O)c1cc(N(CCBr)CCOS(C)(=O)=O)c(C#N)cc1[N+](=O)[O-]. The topological polar surface area (TPSA) is 137 Å². The molecule has 11 nitrogen and oxygen atoms in total. The number of nitro benzene ring substituents is 1. The van der Waals surface area contributed by atoms with E-state index in [9.17, 15) is 28.6 Å². The molecular formula is C18H26BrN5O6S. The highest BCUT2D eigenvalue weighted by atomic mass is 79.9. The molecule has 0 saturated heterocycles. The number of rotatable bonds is 12. The highest BCUT2D eigenvalue weighted by molar-refractivity contribution is 9.09. The molecule has 0 unspecified atom stereocenters. The summed E-state index contributed by atoms with van der Waals surface area (Å²) in [6.45, 7) is 1.18. The van der Waals surface area contributed by atoms with Gasteiger partial charge in [-0.3, -0.25) is 19.1 Å². The Morgan fingerprint density at radius 2 is 1.87 bits per heavy atom. The van der Waals surface area contributed by atoms with Crippen LogP contribution in [0.4, 0.5) is 11.4 Å². The first-order valence-electron chi connectivity index (χ1n) is 9.19. The van der Waals surface area contributed by atoms with Gasteiger partial charge in [-0.05, 0) is 20.2 Å². The van der Waals surface area contributed by atoms with Gasteiger partial charge in [0.15, 0.2) is 0 Å². The highest BCUT2D eigenvalue weighted by Crippen LogP contribution is 2.30. The van der Waals surface area contributed by atoms with E-state index >= 15 is 0 Å². The van der Waals surface area contributed by atoms with Gasteiger partial charge in [0.2, 0.25) is 0 Å². The van der Waals surface area contributed by atoms with Crippen LogP contribution in [0.2, 0.25) is 0 Å². The van der Waals surface area contributed by atoms with Gasteiger partial charge in [-0.1, -0.05) is 15.9 Å². The number of carbonyl (C=O) groups excluding carboxylic acids is 1. The number of carbonyl (C=O) groups is 1. The molecule has 0 aliphatic carbocycles. The lowest BCUT2D eigenvalue weighted by Crippen LogP contribution is -2.34. The molecule has 0 fully saturated rings. The summed E-state index contributed by atoms with van der Waals surface area (Å²) in [5.74, 6) is -0.550. The zero-order valence-corrected chi connectivity index (χ0v) is 20.3. The molecule has 0 aliphatic rings. The van der Waals surface area contributed by atoms with Crippen molar-refractivity contribution in [2.45, 2.75) is 0 Å². The Morgan fingerprint density at radius 1 is 1.23 bits per heavy atom. The van der Waals surface area contributed by atoms with Crippen molar-refractivity contribution in [2.75, 3.05) is 70.4 Å². The van der Waals surface area contributed by atoms with Gasteiger partial charge in [0.05, 0.1) is 29.0 Å². The number of anilines is 1. The molecule has 1 aromatic carbocycles. The molecule has 0 heterocycles. The number of hydrogen-bond donors (Lipinski definition) is 0. The smallest absolute Gasteiger partial charge is 0.283 e. The number of benzene rings is 1. The van der Waals surface area contributed by atoms with Crippen molar-refractivity contribution in [1.29, 1.82) is 5.26 Å². The lowest BCUT2D eigenvalue weighted by Gasteiger charge is -2.26. The molecule has 1 aromatic rings. The van der Waals surface area contributed by atoms with Crippen LogP contribution in [0.1, 0.15) is 15.9 Å². The van der Waals surface area contributed by atoms with Crippen molar-refractivity contribution in [3.63, 3.8) is 0 Å². The Labute approximate surface area is 190 Å². The number of nitriles is 1. The van der Waals surface area contributed by atoms with E-state index in [1.54, 1.807) is 11.9 Å². The minimum absolute atomic E-state index is 0.000463. The third kappa shape index (κ3) is 8.41. The zero-order chi connectivity index (χ0) is 23.8. The van der Waals surface area contributed by atoms with Crippen LogP contribution in [0, 0.1) is 21.4 Å². The van der Waals surface area contributed by atoms with Crippen molar-refractivity contribution in [1.82, 2.24) is 9.80 Å². The average molecular weight is 520 g/mol. The first-order valence-corrected chi connectivity index (χ1v) is 12.1. The van der Waals surface area contributed by atoms with Gasteiger partial charge in [-0.25, -0.2) is 0 Å². The molecule has 1 amide bonds. The molecule has 0 radical (unpaired) electrons. The van der Waals surface area contributed by atoms with E-state index in [4.69, 9.17) is 4.18 Å². The van der Waals surface area contributed by atoms with Gasteiger partial charge >= 0.3 is 0 Å². The Morgan fingerprint density at radius 3 is 2.35 bits per heavy atom. The Bertz CT molecular complexity index is 947. The summed E-state index contributed by atoms with van der Waals surface area (Å²) in [5.41, 5.74) is -0.328. The first kappa shape index (κ1) is 26.8. The van der Waals surface area contributed by atoms with Crippen molar-refractivity contribution in [3.8, 4) is 6.07 Å². The van der Waals surface area contributed by atoms with Crippen LogP contribution < -0.4 is 4.90 Å². The number of amides is 1. The van der Waals surface area contributed by atoms with Gasteiger partial charge in [-0.15, -0.1) is 0 Å². The number of likely N-dealkylation sites (N-methyl/N-ethyl adjacent to an activating group) is 2. The van der Waals surface area contributed by atoms with Crippen LogP contribution >= 0.6 is 15.9 Å². The summed E-state index contributed by atoms with van der Waals surface area (Å²) in [5, 5.41) is 21.6. The predicted octanol–water partition coefficient (Wildman–Crippen LogP) is 1.28. The summed E-state index contributed by atoms with van der Waals surface area (Å²) < 4.78 is 27.3. The fraction of sp³-hybridized carbons (Fsp3) is 0.556. The van der Waals surface area contributed by atoms with Crippen molar-refractivity contribution in [2.24, 2.45) is 0 Å². The maximum absolute atomic E-state index is 12.9. The zero-order valence-electron chi connectivity index (χ0n) is 17.9. The molecular weight excluding hydrogens is 494 g/mol. The molecule has 0 atom stereocenters. The van der Waals surface area contributed by atoms with E-state index < -0.39 is 26.6 Å². The van der Waals surface area contributed by atoms with Gasteiger partial charge in [0.25, 0.3) is 21.7 Å². The van der Waals surface area contributed by atoms with Crippen molar-refractivity contribution in [3.05, 3.63) is 33.4 Å². The van der Waals surface area contributed by atoms with E-state index in [1.165, 1.54) is 11.0 Å². The number of nitro groups is 1. The Kier molecular flexibility index (Phi) is 10.3. The maximum Gasteiger partial charge on any atom is 0.283 e. The van der Waals surface area contributed by atoms with E-state index in [1.807, 2.05) is 25.1 Å². The average Bonchev–Trinajstić information content (AvgIpc) is 2.68. The summed E-state index contributed by atoms with van der Waals surface area (Å²) in [4.78, 5) is 28.7. The maximum atomic E-state index is 12.9. The Balaban J connectivity index is 3.41. The van der Waals surface area contributed by atoms with Crippen molar-refractivity contribution < 1.29 is 22.3 Å². The number of nitrogens with zero attached hydrogens (tertiary/aromatic N) is 5. The lowest BCUT2D eigenvalue weighted by molar-refractivity contribution is -0.385. The second-order valence-corrected chi connectivity index (χ2v) is 9.42. The largest absolute Gasteiger partial charge is 0.367 e. The molecule has 0 aliphatic heterocycles. The van der Waals surface area contributed by atoms with Crippen LogP contribution in [-0.2, 0) is 14.3 Å². The van der Waals surface area contributed by atoms with E-state index in [0.717, 1.165) is 12.3 Å². The molecule has 1 rings (SSSR count). The minimum Gasteiger partial charge on any atom is -0.367 e. The summed E-state index contributed by atoms with van der Waals surface area (Å²) >= 11 is 3.30. The minimum atomic E-state index is -3.65. The normalized spacial score (nSPS) is 11.3. The molecule has 0 spiro atoms. The summed E-state index contributed by atoms with van der Waals surface area (Å²) in [6, 6.07) is 4.30. The number of hydrogen-bond acceptors (Lipinski definition) is 9. The second kappa shape index (κ2) is 11.9. The van der Waals surface area contributed by atoms with Gasteiger partial charge in [-0.2, -0.15) is 13.7 Å². The molecule has 13 heteroatoms. The van der Waals surface area contributed by atoms with Crippen LogP contribution in [0.25, 0.3) is 0 Å². The quantitative estimate of drug-likeness (QED) is 0.173. The standard InChI is InChI=1S/C18H26BrN5O6S/c1-21(2)7-8-22(3)18(25)15-12-16(14(13-20)11-17(15)24(26)27)23(6-5-19)9-10-30-31(4,28)29/h11-12H,5-10H2,1-4H3. The molecule has 172 valence electrons. The fourth-order valence-electron chi connectivity index (χ4n) is 2.66. The summed E-state index contributed by atoms with van der Waals surface area (Å²) in [7, 11) is 1.58. The third-order valence-corrected chi connectivity index (χ3v) is 5.19. The third-order valence-electron chi connectivity index (χ3n) is 4.24. The predicted molar refractivity (Wildman–Crippen MR) is 120 cm³/mol. The van der Waals surface area contributed by atoms with Crippen LogP contribution in [0.3, 0.4) is 0 Å². The first-order chi connectivity index (χ1) is 14.4. The highest BCUT2D eigenvalue weighted by Gasteiger charge is 2.27. The van der Waals surface area contributed by atoms with Gasteiger partial charge in [0, 0.05) is 44.6 Å². The monoisotopic (exact) mass is 519 g/mol. The summed E-state index contributed by atoms with van der Waals surface area (Å²) in [6.07, 6.45) is 0.925. The number of alkyl halides is 1. The lowest BCUT2D eigenvalue weighted by atomic mass is 10.0. The van der Waals surface area contributed by atoms with E-state index in [-0.39, 0.29) is 30.0 Å². The molecule has 31 heavy (non-hydrogen) atoms. The molecule has 0 aromatic heterocycles. The molecule has 0 saturated carbocycles. The Hall–Kier alpha value is -2.27. The van der Waals surface area contributed by atoms with Gasteiger partial charge < -0.3 is 14.7 Å². The van der Waals surface area contributed by atoms with Gasteiger partial charge in [0.1, 0.15) is 11.6 Å². The van der Waals surface area contributed by atoms with Crippen LogP contribution in [0.15, 0.2) is 12.1 Å². The molecule has 0 bridgehead atoms. The number of halogens is 1. The molecule has 0 N–H and O–H groups in total. The van der Waals surface area contributed by atoms with E-state index in [2.05, 4.69) is 15.9 Å². The van der Waals surface area contributed by atoms with Crippen LogP contribution in [0.5, 0.6) is 0 Å². The van der Waals surface area contributed by atoms with Crippen molar-refractivity contribution >= 4 is 43.3 Å². The fourth-order valence-corrected chi connectivity index (χ4v) is 3.47. The van der Waals surface area contributed by atoms with Crippen LogP contribution in [-0.4, -0.2) is 94.6 Å².